The number of likely N-dealkylation sites (tertiary alicyclic amines) is 1. The number of aromatic nitrogens is 2. The number of halogens is 3. The molecule has 6 rings (SSSR count). The Morgan fingerprint density at radius 3 is 2.52 bits per heavy atom. The van der Waals surface area contributed by atoms with Crippen LogP contribution < -0.4 is 16.0 Å². The Morgan fingerprint density at radius 2 is 1.85 bits per heavy atom. The maximum absolute atomic E-state index is 12.9. The number of aliphatic hydroxyl groups is 1. The molecule has 0 bridgehead atoms. The Bertz CT molecular complexity index is 1840. The minimum atomic E-state index is -4.63. The zero-order valence-electron chi connectivity index (χ0n) is 26.4. The number of fused-ring (bicyclic) bond motifs is 1. The number of pyridine rings is 1. The first-order valence-electron chi connectivity index (χ1n) is 15.7. The van der Waals surface area contributed by atoms with Gasteiger partial charge in [-0.05, 0) is 82.1 Å². The number of benzene rings is 2. The third-order valence-electron chi connectivity index (χ3n) is 8.62. The number of amides is 3. The standard InChI is InChI=1S/C34H35F3N6O5/c1-33(2,47)23-15-26-27(16-25(23)40-30(45)21-6-8-28(38-17-21)34(35,36)37)48-32(41-26)20-10-12-43(13-11-20)18-19-4-3-5-22(14-19)39-24-7-9-29(44)42-31(24)46/h3-6,8,14-17,20,24,39,47H,7,9-13,18H2,1-2H3,(H,40,45)(H,42,44,46). The molecular formula is C34H35F3N6O5. The molecule has 14 heteroatoms. The van der Waals surface area contributed by atoms with Crippen LogP contribution in [0.15, 0.2) is 59.1 Å². The number of hydrogen-bond donors (Lipinski definition) is 4. The summed E-state index contributed by atoms with van der Waals surface area (Å²) < 4.78 is 44.9. The second-order valence-electron chi connectivity index (χ2n) is 12.8. The lowest BCUT2D eigenvalue weighted by molar-refractivity contribution is -0.141. The van der Waals surface area contributed by atoms with Gasteiger partial charge in [-0.1, -0.05) is 12.1 Å². The lowest BCUT2D eigenvalue weighted by Crippen LogP contribution is -2.47. The molecule has 2 aliphatic heterocycles. The van der Waals surface area contributed by atoms with E-state index in [9.17, 15) is 32.7 Å². The summed E-state index contributed by atoms with van der Waals surface area (Å²) in [7, 11) is 0. The van der Waals surface area contributed by atoms with Crippen LogP contribution in [0.1, 0.15) is 78.5 Å². The van der Waals surface area contributed by atoms with Crippen molar-refractivity contribution < 1.29 is 37.1 Å². The van der Waals surface area contributed by atoms with Crippen molar-refractivity contribution in [1.29, 1.82) is 0 Å². The van der Waals surface area contributed by atoms with Gasteiger partial charge >= 0.3 is 6.18 Å². The van der Waals surface area contributed by atoms with Crippen LogP contribution in [0.25, 0.3) is 11.1 Å². The van der Waals surface area contributed by atoms with Crippen LogP contribution in [-0.4, -0.2) is 56.8 Å². The molecule has 0 saturated carbocycles. The summed E-state index contributed by atoms with van der Waals surface area (Å²) in [6.45, 7) is 5.43. The van der Waals surface area contributed by atoms with Gasteiger partial charge in [0.2, 0.25) is 11.8 Å². The zero-order valence-corrected chi connectivity index (χ0v) is 26.4. The van der Waals surface area contributed by atoms with Gasteiger partial charge in [-0.2, -0.15) is 13.2 Å². The highest BCUT2D eigenvalue weighted by molar-refractivity contribution is 6.05. The average Bonchev–Trinajstić information content (AvgIpc) is 3.45. The molecule has 48 heavy (non-hydrogen) atoms. The minimum Gasteiger partial charge on any atom is -0.440 e. The van der Waals surface area contributed by atoms with Crippen molar-refractivity contribution in [3.8, 4) is 0 Å². The van der Waals surface area contributed by atoms with Gasteiger partial charge in [-0.15, -0.1) is 0 Å². The smallest absolute Gasteiger partial charge is 0.433 e. The van der Waals surface area contributed by atoms with Crippen molar-refractivity contribution in [3.05, 3.63) is 83.0 Å². The van der Waals surface area contributed by atoms with Gasteiger partial charge in [0.15, 0.2) is 11.5 Å². The zero-order chi connectivity index (χ0) is 34.2. The summed E-state index contributed by atoms with van der Waals surface area (Å²) in [5, 5.41) is 19.2. The first kappa shape index (κ1) is 33.1. The number of carbonyl (C=O) groups is 3. The SMILES string of the molecule is CC(C)(O)c1cc2nc(C3CCN(Cc4cccc(NC5CCC(=O)NC5=O)c4)CC3)oc2cc1NC(=O)c1ccc(C(F)(F)F)nc1. The van der Waals surface area contributed by atoms with Gasteiger partial charge in [-0.25, -0.2) is 4.98 Å². The lowest BCUT2D eigenvalue weighted by Gasteiger charge is -2.30. The second kappa shape index (κ2) is 13.0. The first-order chi connectivity index (χ1) is 22.7. The quantitative estimate of drug-likeness (QED) is 0.184. The van der Waals surface area contributed by atoms with E-state index in [1.807, 2.05) is 24.3 Å². The number of piperidine rings is 2. The number of nitrogens with one attached hydrogen (secondary N) is 3. The first-order valence-corrected chi connectivity index (χ1v) is 15.7. The van der Waals surface area contributed by atoms with Gasteiger partial charge in [0.1, 0.15) is 17.3 Å². The van der Waals surface area contributed by atoms with E-state index < -0.39 is 29.4 Å². The fourth-order valence-electron chi connectivity index (χ4n) is 6.05. The Hall–Kier alpha value is -4.82. The monoisotopic (exact) mass is 664 g/mol. The van der Waals surface area contributed by atoms with E-state index in [0.717, 1.165) is 62.1 Å². The number of oxazole rings is 1. The van der Waals surface area contributed by atoms with E-state index >= 15 is 0 Å². The van der Waals surface area contributed by atoms with E-state index in [4.69, 9.17) is 9.40 Å². The number of imide groups is 1. The number of carbonyl (C=O) groups excluding carboxylic acids is 3. The normalized spacial score (nSPS) is 18.2. The fourth-order valence-corrected chi connectivity index (χ4v) is 6.05. The predicted octanol–water partition coefficient (Wildman–Crippen LogP) is 5.32. The van der Waals surface area contributed by atoms with E-state index in [1.165, 1.54) is 0 Å². The molecular weight excluding hydrogens is 629 g/mol. The molecule has 0 spiro atoms. The van der Waals surface area contributed by atoms with Crippen molar-refractivity contribution >= 4 is 40.2 Å². The molecule has 2 aromatic heterocycles. The Morgan fingerprint density at radius 1 is 1.08 bits per heavy atom. The van der Waals surface area contributed by atoms with Crippen molar-refractivity contribution in [2.75, 3.05) is 23.7 Å². The summed E-state index contributed by atoms with van der Waals surface area (Å²) in [6.07, 6.45) is -1.42. The molecule has 4 N–H and O–H groups in total. The summed E-state index contributed by atoms with van der Waals surface area (Å²) in [5.41, 5.74) is 0.876. The highest BCUT2D eigenvalue weighted by atomic mass is 19.4. The molecule has 2 aromatic carbocycles. The molecule has 4 heterocycles. The number of hydrogen-bond acceptors (Lipinski definition) is 9. The van der Waals surface area contributed by atoms with Gasteiger partial charge < -0.3 is 20.2 Å². The molecule has 2 fully saturated rings. The number of alkyl halides is 3. The number of anilines is 2. The van der Waals surface area contributed by atoms with Gasteiger partial charge in [-0.3, -0.25) is 29.6 Å². The predicted molar refractivity (Wildman–Crippen MR) is 170 cm³/mol. The summed E-state index contributed by atoms with van der Waals surface area (Å²) in [4.78, 5) is 47.0. The van der Waals surface area contributed by atoms with E-state index in [2.05, 4.69) is 25.8 Å². The minimum absolute atomic E-state index is 0.0519. The Kier molecular flexibility index (Phi) is 8.96. The molecule has 252 valence electrons. The van der Waals surface area contributed by atoms with Crippen molar-refractivity contribution in [2.45, 2.75) is 69.8 Å². The van der Waals surface area contributed by atoms with Crippen molar-refractivity contribution in [1.82, 2.24) is 20.2 Å². The highest BCUT2D eigenvalue weighted by Gasteiger charge is 2.33. The van der Waals surface area contributed by atoms with Crippen LogP contribution >= 0.6 is 0 Å². The van der Waals surface area contributed by atoms with Crippen LogP contribution in [0, 0.1) is 0 Å². The Balaban J connectivity index is 1.11. The van der Waals surface area contributed by atoms with Crippen LogP contribution in [0.3, 0.4) is 0 Å². The average molecular weight is 665 g/mol. The van der Waals surface area contributed by atoms with Crippen LogP contribution in [0.2, 0.25) is 0 Å². The molecule has 3 amide bonds. The summed E-state index contributed by atoms with van der Waals surface area (Å²) in [6, 6.07) is 12.4. The molecule has 11 nitrogen and oxygen atoms in total. The second-order valence-corrected chi connectivity index (χ2v) is 12.8. The highest BCUT2D eigenvalue weighted by Crippen LogP contribution is 2.36. The lowest BCUT2D eigenvalue weighted by atomic mass is 9.95. The maximum atomic E-state index is 12.9. The third-order valence-corrected chi connectivity index (χ3v) is 8.62. The molecule has 1 unspecified atom stereocenters. The molecule has 0 radical (unpaired) electrons. The van der Waals surface area contributed by atoms with Crippen LogP contribution in [0.4, 0.5) is 24.5 Å². The van der Waals surface area contributed by atoms with Gasteiger partial charge in [0.05, 0.1) is 16.9 Å². The number of nitrogens with zero attached hydrogens (tertiary/aromatic N) is 3. The number of rotatable bonds is 8. The largest absolute Gasteiger partial charge is 0.440 e. The fraction of sp³-hybridized carbons (Fsp3) is 0.382. The van der Waals surface area contributed by atoms with Crippen molar-refractivity contribution in [3.63, 3.8) is 0 Å². The van der Waals surface area contributed by atoms with E-state index in [0.29, 0.717) is 35.4 Å². The van der Waals surface area contributed by atoms with Crippen LogP contribution in [0.5, 0.6) is 0 Å². The van der Waals surface area contributed by atoms with Gasteiger partial charge in [0.25, 0.3) is 5.91 Å². The van der Waals surface area contributed by atoms with E-state index in [-0.39, 0.29) is 29.0 Å². The Labute approximate surface area is 273 Å². The van der Waals surface area contributed by atoms with E-state index in [1.54, 1.807) is 26.0 Å². The summed E-state index contributed by atoms with van der Waals surface area (Å²) >= 11 is 0. The summed E-state index contributed by atoms with van der Waals surface area (Å²) in [5.74, 6) is -0.650. The van der Waals surface area contributed by atoms with Gasteiger partial charge in [0, 0.05) is 42.4 Å². The molecule has 2 saturated heterocycles. The molecule has 2 aliphatic rings. The maximum Gasteiger partial charge on any atom is 0.433 e. The van der Waals surface area contributed by atoms with Crippen LogP contribution in [-0.2, 0) is 27.9 Å². The molecule has 1 atom stereocenters. The topological polar surface area (TPSA) is 150 Å². The third kappa shape index (κ3) is 7.50. The van der Waals surface area contributed by atoms with Crippen molar-refractivity contribution in [2.24, 2.45) is 0 Å². The molecule has 0 aliphatic carbocycles. The molecule has 4 aromatic rings.